The second-order valence-electron chi connectivity index (χ2n) is 5.04. The number of nitrogens with zero attached hydrogens (tertiary/aromatic N) is 3. The fraction of sp³-hybridized carbons (Fsp3) is 0.692. The van der Waals surface area contributed by atoms with Crippen LogP contribution < -0.4 is 10.2 Å². The Morgan fingerprint density at radius 1 is 1.41 bits per heavy atom. The van der Waals surface area contributed by atoms with Crippen molar-refractivity contribution < 1.29 is 0 Å². The fourth-order valence-electron chi connectivity index (χ4n) is 2.67. The molecule has 2 heterocycles. The minimum Gasteiger partial charge on any atom is -0.370 e. The van der Waals surface area contributed by atoms with Crippen molar-refractivity contribution in [3.05, 3.63) is 11.9 Å². The summed E-state index contributed by atoms with van der Waals surface area (Å²) in [5, 5.41) is 3.29. The van der Waals surface area contributed by atoms with E-state index in [2.05, 4.69) is 47.9 Å². The summed E-state index contributed by atoms with van der Waals surface area (Å²) in [6.07, 6.45) is 2.91. The first-order valence-electron chi connectivity index (χ1n) is 6.45. The van der Waals surface area contributed by atoms with Gasteiger partial charge in [0, 0.05) is 24.7 Å². The van der Waals surface area contributed by atoms with Crippen molar-refractivity contribution in [3.63, 3.8) is 0 Å². The Hall–Kier alpha value is -1.32. The van der Waals surface area contributed by atoms with Gasteiger partial charge in [-0.05, 0) is 33.1 Å². The van der Waals surface area contributed by atoms with Crippen LogP contribution in [0.2, 0.25) is 0 Å². The van der Waals surface area contributed by atoms with E-state index >= 15 is 0 Å². The molecule has 0 radical (unpaired) electrons. The second-order valence-corrected chi connectivity index (χ2v) is 5.04. The molecule has 1 aliphatic rings. The molecule has 1 aliphatic heterocycles. The molecular formula is C13H22N4. The summed E-state index contributed by atoms with van der Waals surface area (Å²) in [4.78, 5) is 11.2. The zero-order valence-corrected chi connectivity index (χ0v) is 11.2. The lowest BCUT2D eigenvalue weighted by molar-refractivity contribution is 0.625. The zero-order valence-electron chi connectivity index (χ0n) is 11.2. The van der Waals surface area contributed by atoms with Crippen molar-refractivity contribution in [1.82, 2.24) is 9.97 Å². The molecule has 1 aromatic heterocycles. The van der Waals surface area contributed by atoms with Crippen LogP contribution in [0.25, 0.3) is 0 Å². The van der Waals surface area contributed by atoms with E-state index in [4.69, 9.17) is 0 Å². The van der Waals surface area contributed by atoms with Crippen LogP contribution in [0, 0.1) is 12.8 Å². The van der Waals surface area contributed by atoms with E-state index in [9.17, 15) is 0 Å². The Morgan fingerprint density at radius 3 is 2.76 bits per heavy atom. The Balaban J connectivity index is 2.29. The zero-order chi connectivity index (χ0) is 12.4. The van der Waals surface area contributed by atoms with Gasteiger partial charge in [-0.2, -0.15) is 0 Å². The van der Waals surface area contributed by atoms with Gasteiger partial charge in [0.15, 0.2) is 0 Å². The maximum atomic E-state index is 4.46. The van der Waals surface area contributed by atoms with Crippen LogP contribution in [0.4, 0.5) is 11.6 Å². The number of anilines is 2. The van der Waals surface area contributed by atoms with E-state index in [-0.39, 0.29) is 0 Å². The fourth-order valence-corrected chi connectivity index (χ4v) is 2.67. The minimum atomic E-state index is 0.577. The molecule has 94 valence electrons. The summed E-state index contributed by atoms with van der Waals surface area (Å²) in [6, 6.07) is 0.577. The van der Waals surface area contributed by atoms with E-state index in [1.165, 1.54) is 6.42 Å². The van der Waals surface area contributed by atoms with E-state index in [0.29, 0.717) is 6.04 Å². The molecule has 0 saturated carbocycles. The van der Waals surface area contributed by atoms with Gasteiger partial charge in [0.25, 0.3) is 0 Å². The summed E-state index contributed by atoms with van der Waals surface area (Å²) in [6.45, 7) is 10.8. The van der Waals surface area contributed by atoms with E-state index in [1.807, 2.05) is 0 Å². The van der Waals surface area contributed by atoms with Crippen LogP contribution in [0.1, 0.15) is 32.8 Å². The minimum absolute atomic E-state index is 0.577. The molecule has 1 N–H and O–H groups in total. The third-order valence-corrected chi connectivity index (χ3v) is 3.46. The molecule has 2 atom stereocenters. The van der Waals surface area contributed by atoms with Crippen LogP contribution >= 0.6 is 0 Å². The van der Waals surface area contributed by atoms with Gasteiger partial charge in [-0.3, -0.25) is 0 Å². The Labute approximate surface area is 103 Å². The summed E-state index contributed by atoms with van der Waals surface area (Å²) in [7, 11) is 0. The number of aromatic nitrogens is 2. The number of hydrogen-bond donors (Lipinski definition) is 1. The Bertz CT molecular complexity index is 391. The summed E-state index contributed by atoms with van der Waals surface area (Å²) in [5.41, 5.74) is 1.16. The lowest BCUT2D eigenvalue weighted by atomic mass is 10.1. The largest absolute Gasteiger partial charge is 0.370 e. The normalized spacial score (nSPS) is 24.1. The summed E-state index contributed by atoms with van der Waals surface area (Å²) in [5.74, 6) is 2.80. The smallest absolute Gasteiger partial charge is 0.137 e. The predicted octanol–water partition coefficient (Wildman–Crippen LogP) is 2.45. The lowest BCUT2D eigenvalue weighted by Crippen LogP contribution is -2.28. The predicted molar refractivity (Wildman–Crippen MR) is 71.5 cm³/mol. The van der Waals surface area contributed by atoms with Gasteiger partial charge in [0.1, 0.15) is 18.0 Å². The average Bonchev–Trinajstić information content (AvgIpc) is 2.61. The molecular weight excluding hydrogens is 212 g/mol. The molecule has 0 bridgehead atoms. The molecule has 4 heteroatoms. The van der Waals surface area contributed by atoms with Gasteiger partial charge in [-0.15, -0.1) is 0 Å². The molecule has 0 aliphatic carbocycles. The number of nitrogens with one attached hydrogen (secondary N) is 1. The monoisotopic (exact) mass is 234 g/mol. The van der Waals surface area contributed by atoms with Crippen LogP contribution in [0.3, 0.4) is 0 Å². The quantitative estimate of drug-likeness (QED) is 0.872. The van der Waals surface area contributed by atoms with E-state index < -0.39 is 0 Å². The second kappa shape index (κ2) is 4.90. The highest BCUT2D eigenvalue weighted by atomic mass is 15.2. The van der Waals surface area contributed by atoms with Gasteiger partial charge in [-0.1, -0.05) is 6.92 Å². The summed E-state index contributed by atoms with van der Waals surface area (Å²) >= 11 is 0. The van der Waals surface area contributed by atoms with Gasteiger partial charge < -0.3 is 10.2 Å². The van der Waals surface area contributed by atoms with Gasteiger partial charge in [0.2, 0.25) is 0 Å². The first kappa shape index (κ1) is 12.1. The molecule has 17 heavy (non-hydrogen) atoms. The van der Waals surface area contributed by atoms with E-state index in [1.54, 1.807) is 6.33 Å². The van der Waals surface area contributed by atoms with Crippen molar-refractivity contribution in [1.29, 1.82) is 0 Å². The number of hydrogen-bond acceptors (Lipinski definition) is 4. The highest BCUT2D eigenvalue weighted by Gasteiger charge is 2.28. The van der Waals surface area contributed by atoms with Gasteiger partial charge in [-0.25, -0.2) is 9.97 Å². The van der Waals surface area contributed by atoms with Crippen molar-refractivity contribution in [3.8, 4) is 0 Å². The molecule has 1 aromatic rings. The van der Waals surface area contributed by atoms with E-state index in [0.717, 1.165) is 36.2 Å². The lowest BCUT2D eigenvalue weighted by Gasteiger charge is -2.25. The van der Waals surface area contributed by atoms with Crippen LogP contribution in [0.5, 0.6) is 0 Å². The van der Waals surface area contributed by atoms with Crippen LogP contribution in [0.15, 0.2) is 6.33 Å². The maximum Gasteiger partial charge on any atom is 0.137 e. The van der Waals surface area contributed by atoms with Crippen molar-refractivity contribution in [2.75, 3.05) is 23.3 Å². The highest BCUT2D eigenvalue weighted by Crippen LogP contribution is 2.31. The molecule has 1 saturated heterocycles. The highest BCUT2D eigenvalue weighted by molar-refractivity contribution is 5.58. The molecule has 4 nitrogen and oxygen atoms in total. The standard InChI is InChI=1S/C13H22N4/c1-5-14-12-11(4)13(16-8-15-12)17-7-9(2)6-10(17)3/h8-10H,5-7H2,1-4H3,(H,14,15,16). The molecule has 0 amide bonds. The summed E-state index contributed by atoms with van der Waals surface area (Å²) < 4.78 is 0. The topological polar surface area (TPSA) is 41.1 Å². The molecule has 2 rings (SSSR count). The van der Waals surface area contributed by atoms with Crippen molar-refractivity contribution >= 4 is 11.6 Å². The first-order valence-corrected chi connectivity index (χ1v) is 6.45. The third-order valence-electron chi connectivity index (χ3n) is 3.46. The maximum absolute atomic E-state index is 4.46. The Morgan fingerprint density at radius 2 is 2.18 bits per heavy atom. The third kappa shape index (κ3) is 2.35. The van der Waals surface area contributed by atoms with Crippen molar-refractivity contribution in [2.45, 2.75) is 40.2 Å². The van der Waals surface area contributed by atoms with Gasteiger partial charge in [0.05, 0.1) is 0 Å². The average molecular weight is 234 g/mol. The molecule has 0 aromatic carbocycles. The van der Waals surface area contributed by atoms with Gasteiger partial charge >= 0.3 is 0 Å². The van der Waals surface area contributed by atoms with Crippen LogP contribution in [-0.2, 0) is 0 Å². The Kier molecular flexibility index (Phi) is 3.50. The molecule has 1 fully saturated rings. The SMILES string of the molecule is CCNc1ncnc(N2CC(C)CC2C)c1C. The molecule has 0 spiro atoms. The first-order chi connectivity index (χ1) is 8.13. The van der Waals surface area contributed by atoms with Crippen LogP contribution in [-0.4, -0.2) is 29.1 Å². The molecule has 2 unspecified atom stereocenters. The number of rotatable bonds is 3. The van der Waals surface area contributed by atoms with Crippen molar-refractivity contribution in [2.24, 2.45) is 5.92 Å².